The van der Waals surface area contributed by atoms with Crippen molar-refractivity contribution in [2.75, 3.05) is 18.8 Å². The third-order valence-electron chi connectivity index (χ3n) is 5.86. The first-order chi connectivity index (χ1) is 14.1. The molecule has 29 heavy (non-hydrogen) atoms. The molecule has 1 aliphatic heterocycles. The predicted octanol–water partition coefficient (Wildman–Crippen LogP) is 4.23. The minimum Gasteiger partial charge on any atom is -0.304 e. The molecule has 1 N–H and O–H groups in total. The molecular weight excluding hydrogens is 378 g/mol. The van der Waals surface area contributed by atoms with Crippen LogP contribution in [0, 0.1) is 11.3 Å². The van der Waals surface area contributed by atoms with Gasteiger partial charge in [0.1, 0.15) is 11.8 Å². The first kappa shape index (κ1) is 20.1. The van der Waals surface area contributed by atoms with Gasteiger partial charge in [-0.3, -0.25) is 9.29 Å². The Labute approximate surface area is 177 Å². The van der Waals surface area contributed by atoms with E-state index in [0.29, 0.717) is 11.7 Å². The number of nitriles is 1. The van der Waals surface area contributed by atoms with E-state index >= 15 is 0 Å². The summed E-state index contributed by atoms with van der Waals surface area (Å²) in [6, 6.07) is 8.62. The van der Waals surface area contributed by atoms with Crippen molar-refractivity contribution in [3.63, 3.8) is 0 Å². The van der Waals surface area contributed by atoms with E-state index in [4.69, 9.17) is 0 Å². The Morgan fingerprint density at radius 1 is 1.31 bits per heavy atom. The molecule has 1 unspecified atom stereocenters. The van der Waals surface area contributed by atoms with Crippen molar-refractivity contribution < 1.29 is 0 Å². The van der Waals surface area contributed by atoms with Crippen molar-refractivity contribution in [2.24, 2.45) is 0 Å². The second-order valence-electron chi connectivity index (χ2n) is 7.95. The van der Waals surface area contributed by atoms with Crippen LogP contribution in [0.1, 0.15) is 55.5 Å². The summed E-state index contributed by atoms with van der Waals surface area (Å²) in [5, 5.41) is 13.2. The van der Waals surface area contributed by atoms with Gasteiger partial charge in [-0.15, -0.1) is 0 Å². The van der Waals surface area contributed by atoms with E-state index in [1.54, 1.807) is 6.20 Å². The van der Waals surface area contributed by atoms with Crippen LogP contribution in [-0.4, -0.2) is 39.2 Å². The van der Waals surface area contributed by atoms with Crippen LogP contribution in [0.25, 0.3) is 11.6 Å². The number of rotatable bonds is 5. The van der Waals surface area contributed by atoms with Crippen LogP contribution >= 0.6 is 11.9 Å². The van der Waals surface area contributed by atoms with Gasteiger partial charge in [-0.25, -0.2) is 4.98 Å². The highest BCUT2D eigenvalue weighted by molar-refractivity contribution is 7.96. The molecule has 0 radical (unpaired) electrons. The highest BCUT2D eigenvalue weighted by Crippen LogP contribution is 2.41. The van der Waals surface area contributed by atoms with E-state index in [-0.39, 0.29) is 5.54 Å². The minimum atomic E-state index is -0.186. The fourth-order valence-electron chi connectivity index (χ4n) is 4.47. The standard InChI is InChI=1S/C23H27N5S/c1-3-29-28-10-6-20(7-11-28)27-23(2)14-19(12-18-4-8-25-16-22(18)23)17-5-9-26-21(13-17)15-24/h4-5,8-9,12-13,16,20,27H,3,6-7,10-11,14H2,1-2H3. The number of nitrogens with zero attached hydrogens (tertiary/aromatic N) is 4. The smallest absolute Gasteiger partial charge is 0.141 e. The summed E-state index contributed by atoms with van der Waals surface area (Å²) in [5.41, 5.74) is 5.03. The average Bonchev–Trinajstić information content (AvgIpc) is 2.75. The molecule has 6 heteroatoms. The second-order valence-corrected chi connectivity index (χ2v) is 9.30. The van der Waals surface area contributed by atoms with Crippen LogP contribution in [0.4, 0.5) is 0 Å². The molecule has 4 rings (SSSR count). The van der Waals surface area contributed by atoms with Gasteiger partial charge in [-0.05, 0) is 66.6 Å². The van der Waals surface area contributed by atoms with Crippen LogP contribution in [0.2, 0.25) is 0 Å². The summed E-state index contributed by atoms with van der Waals surface area (Å²) < 4.78 is 2.49. The van der Waals surface area contributed by atoms with Crippen LogP contribution in [0.15, 0.2) is 36.8 Å². The molecule has 0 saturated carbocycles. The topological polar surface area (TPSA) is 64.8 Å². The van der Waals surface area contributed by atoms with Gasteiger partial charge in [-0.1, -0.05) is 24.9 Å². The number of nitrogens with one attached hydrogen (secondary N) is 1. The monoisotopic (exact) mass is 405 g/mol. The van der Waals surface area contributed by atoms with Crippen molar-refractivity contribution in [1.29, 1.82) is 5.26 Å². The lowest BCUT2D eigenvalue weighted by atomic mass is 9.76. The third kappa shape index (κ3) is 4.37. The number of hydrogen-bond acceptors (Lipinski definition) is 6. The number of piperidine rings is 1. The largest absolute Gasteiger partial charge is 0.304 e. The molecule has 1 saturated heterocycles. The van der Waals surface area contributed by atoms with Crippen LogP contribution in [0.3, 0.4) is 0 Å². The van der Waals surface area contributed by atoms with Gasteiger partial charge in [0.05, 0.1) is 0 Å². The molecule has 2 aromatic rings. The molecule has 1 aliphatic carbocycles. The lowest BCUT2D eigenvalue weighted by Crippen LogP contribution is -2.50. The Balaban J connectivity index is 1.60. The Kier molecular flexibility index (Phi) is 6.00. The van der Waals surface area contributed by atoms with E-state index in [2.05, 4.69) is 51.6 Å². The molecule has 0 spiro atoms. The van der Waals surface area contributed by atoms with Crippen LogP contribution in [-0.2, 0) is 5.54 Å². The summed E-state index contributed by atoms with van der Waals surface area (Å²) in [5.74, 6) is 1.14. The molecular formula is C23H27N5S. The average molecular weight is 406 g/mol. The fourth-order valence-corrected chi connectivity index (χ4v) is 5.31. The van der Waals surface area contributed by atoms with E-state index in [0.717, 1.165) is 43.7 Å². The van der Waals surface area contributed by atoms with Crippen molar-refractivity contribution in [2.45, 2.75) is 44.7 Å². The van der Waals surface area contributed by atoms with Crippen molar-refractivity contribution >= 4 is 23.6 Å². The second kappa shape index (κ2) is 8.66. The predicted molar refractivity (Wildman–Crippen MR) is 119 cm³/mol. The molecule has 1 fully saturated rings. The van der Waals surface area contributed by atoms with Crippen LogP contribution in [0.5, 0.6) is 0 Å². The number of fused-ring (bicyclic) bond motifs is 1. The van der Waals surface area contributed by atoms with E-state index in [9.17, 15) is 5.26 Å². The van der Waals surface area contributed by atoms with Gasteiger partial charge in [0.2, 0.25) is 0 Å². The summed E-state index contributed by atoms with van der Waals surface area (Å²) >= 11 is 1.94. The highest BCUT2D eigenvalue weighted by atomic mass is 32.2. The third-order valence-corrected chi connectivity index (χ3v) is 6.85. The zero-order valence-corrected chi connectivity index (χ0v) is 17.9. The molecule has 0 aromatic carbocycles. The van der Waals surface area contributed by atoms with Gasteiger partial charge in [-0.2, -0.15) is 5.26 Å². The van der Waals surface area contributed by atoms with Crippen molar-refractivity contribution in [3.8, 4) is 6.07 Å². The Hall–Kier alpha value is -2.20. The normalized spacial score (nSPS) is 22.6. The molecule has 0 bridgehead atoms. The van der Waals surface area contributed by atoms with Gasteiger partial charge >= 0.3 is 0 Å². The molecule has 3 heterocycles. The van der Waals surface area contributed by atoms with Crippen molar-refractivity contribution in [1.82, 2.24) is 19.6 Å². The highest BCUT2D eigenvalue weighted by Gasteiger charge is 2.36. The summed E-state index contributed by atoms with van der Waals surface area (Å²) in [6.07, 6.45) is 11.0. The zero-order chi connectivity index (χ0) is 20.3. The first-order valence-electron chi connectivity index (χ1n) is 10.3. The molecule has 2 aromatic heterocycles. The SMILES string of the molecule is CCSN1CCC(NC2(C)CC(c3ccnc(C#N)c3)=Cc3ccncc32)CC1. The zero-order valence-electron chi connectivity index (χ0n) is 17.1. The Bertz CT molecular complexity index is 942. The minimum absolute atomic E-state index is 0.186. The van der Waals surface area contributed by atoms with E-state index < -0.39 is 0 Å². The molecule has 5 nitrogen and oxygen atoms in total. The Morgan fingerprint density at radius 3 is 2.90 bits per heavy atom. The number of hydrogen-bond donors (Lipinski definition) is 1. The van der Waals surface area contributed by atoms with Gasteiger partial charge in [0.15, 0.2) is 0 Å². The van der Waals surface area contributed by atoms with Crippen LogP contribution < -0.4 is 5.32 Å². The molecule has 2 aliphatic rings. The quantitative estimate of drug-likeness (QED) is 0.751. The van der Waals surface area contributed by atoms with Gasteiger partial charge < -0.3 is 5.32 Å². The van der Waals surface area contributed by atoms with Crippen molar-refractivity contribution in [3.05, 3.63) is 59.2 Å². The lowest BCUT2D eigenvalue weighted by molar-refractivity contribution is 0.242. The summed E-state index contributed by atoms with van der Waals surface area (Å²) in [4.78, 5) is 8.54. The fraction of sp³-hybridized carbons (Fsp3) is 0.435. The first-order valence-corrected chi connectivity index (χ1v) is 11.2. The van der Waals surface area contributed by atoms with E-state index in [1.165, 1.54) is 16.7 Å². The maximum atomic E-state index is 9.24. The number of pyridine rings is 2. The number of aromatic nitrogens is 2. The maximum Gasteiger partial charge on any atom is 0.141 e. The van der Waals surface area contributed by atoms with Gasteiger partial charge in [0.25, 0.3) is 0 Å². The Morgan fingerprint density at radius 2 is 2.14 bits per heavy atom. The van der Waals surface area contributed by atoms with E-state index in [1.807, 2.05) is 36.5 Å². The summed E-state index contributed by atoms with van der Waals surface area (Å²) in [6.45, 7) is 6.77. The summed E-state index contributed by atoms with van der Waals surface area (Å²) in [7, 11) is 0. The maximum absolute atomic E-state index is 9.24. The molecule has 1 atom stereocenters. The lowest BCUT2D eigenvalue weighted by Gasteiger charge is -2.42. The molecule has 150 valence electrons. The van der Waals surface area contributed by atoms with Gasteiger partial charge in [0, 0.05) is 49.0 Å². The molecule has 0 amide bonds.